The van der Waals surface area contributed by atoms with Crippen LogP contribution in [0.5, 0.6) is 0 Å². The van der Waals surface area contributed by atoms with E-state index in [0.29, 0.717) is 17.9 Å². The number of hydrogen-bond donors (Lipinski definition) is 1. The second kappa shape index (κ2) is 8.07. The molecule has 0 saturated carbocycles. The van der Waals surface area contributed by atoms with Gasteiger partial charge in [-0.15, -0.1) is 0 Å². The number of rotatable bonds is 4. The van der Waals surface area contributed by atoms with Crippen molar-refractivity contribution in [2.24, 2.45) is 5.41 Å². The van der Waals surface area contributed by atoms with Crippen molar-refractivity contribution in [2.75, 3.05) is 58.9 Å². The van der Waals surface area contributed by atoms with E-state index >= 15 is 0 Å². The number of nitrogens with one attached hydrogen (secondary N) is 1. The van der Waals surface area contributed by atoms with E-state index in [1.165, 1.54) is 24.8 Å². The fraction of sp³-hybridized carbons (Fsp3) is 0.667. The first kappa shape index (κ1) is 18.0. The van der Waals surface area contributed by atoms with Crippen LogP contribution in [0.2, 0.25) is 0 Å². The molecule has 5 nitrogen and oxygen atoms in total. The summed E-state index contributed by atoms with van der Waals surface area (Å²) < 4.78 is 0. The zero-order valence-electron chi connectivity index (χ0n) is 15.8. The number of benzene rings is 1. The third-order valence-electron chi connectivity index (χ3n) is 6.58. The quantitative estimate of drug-likeness (QED) is 0.885. The standard InChI is InChI=1S/C21H32N4O/c26-20(25-10-7-21(8-11-25)6-9-22-18-21)17-24-14-12-23(13-15-24)16-19-4-2-1-3-5-19/h1-5,22H,6-18H2. The highest BCUT2D eigenvalue weighted by Gasteiger charge is 2.38. The fourth-order valence-corrected chi connectivity index (χ4v) is 4.69. The molecule has 0 bridgehead atoms. The number of amides is 1. The third-order valence-corrected chi connectivity index (χ3v) is 6.58. The van der Waals surface area contributed by atoms with Gasteiger partial charge in [0.15, 0.2) is 0 Å². The maximum atomic E-state index is 12.7. The zero-order chi connectivity index (χ0) is 17.8. The average molecular weight is 357 g/mol. The Labute approximate surface area is 157 Å². The van der Waals surface area contributed by atoms with E-state index in [1.807, 2.05) is 0 Å². The largest absolute Gasteiger partial charge is 0.342 e. The molecule has 4 rings (SSSR count). The van der Waals surface area contributed by atoms with E-state index in [0.717, 1.165) is 58.9 Å². The van der Waals surface area contributed by atoms with Gasteiger partial charge < -0.3 is 10.2 Å². The lowest BCUT2D eigenvalue weighted by atomic mass is 9.78. The van der Waals surface area contributed by atoms with Crippen molar-refractivity contribution < 1.29 is 4.79 Å². The van der Waals surface area contributed by atoms with Crippen LogP contribution in [-0.4, -0.2) is 79.5 Å². The van der Waals surface area contributed by atoms with Gasteiger partial charge in [0.05, 0.1) is 6.54 Å². The molecule has 1 aromatic rings. The lowest BCUT2D eigenvalue weighted by Gasteiger charge is -2.40. The highest BCUT2D eigenvalue weighted by molar-refractivity contribution is 5.78. The molecule has 1 spiro atoms. The van der Waals surface area contributed by atoms with Crippen molar-refractivity contribution in [3.63, 3.8) is 0 Å². The smallest absolute Gasteiger partial charge is 0.236 e. The van der Waals surface area contributed by atoms with Crippen LogP contribution in [0.1, 0.15) is 24.8 Å². The van der Waals surface area contributed by atoms with Gasteiger partial charge in [-0.1, -0.05) is 30.3 Å². The van der Waals surface area contributed by atoms with E-state index in [-0.39, 0.29) is 0 Å². The molecular formula is C21H32N4O. The Morgan fingerprint density at radius 1 is 0.923 bits per heavy atom. The molecule has 1 aromatic carbocycles. The summed E-state index contributed by atoms with van der Waals surface area (Å²) in [5.74, 6) is 0.335. The number of piperazine rings is 1. The van der Waals surface area contributed by atoms with Gasteiger partial charge in [-0.3, -0.25) is 14.6 Å². The lowest BCUT2D eigenvalue weighted by molar-refractivity contribution is -0.135. The van der Waals surface area contributed by atoms with E-state index < -0.39 is 0 Å². The summed E-state index contributed by atoms with van der Waals surface area (Å²) >= 11 is 0. The van der Waals surface area contributed by atoms with Gasteiger partial charge in [0.1, 0.15) is 0 Å². The minimum atomic E-state index is 0.335. The van der Waals surface area contributed by atoms with Gasteiger partial charge in [-0.05, 0) is 36.8 Å². The van der Waals surface area contributed by atoms with Crippen molar-refractivity contribution in [1.82, 2.24) is 20.0 Å². The zero-order valence-corrected chi connectivity index (χ0v) is 15.8. The first-order valence-electron chi connectivity index (χ1n) is 10.2. The maximum Gasteiger partial charge on any atom is 0.236 e. The van der Waals surface area contributed by atoms with Crippen molar-refractivity contribution in [1.29, 1.82) is 0 Å². The first-order valence-corrected chi connectivity index (χ1v) is 10.2. The monoisotopic (exact) mass is 356 g/mol. The summed E-state index contributed by atoms with van der Waals surface area (Å²) in [4.78, 5) is 19.6. The van der Waals surface area contributed by atoms with Crippen LogP contribution < -0.4 is 5.32 Å². The number of hydrogen-bond acceptors (Lipinski definition) is 4. The second-order valence-electron chi connectivity index (χ2n) is 8.35. The van der Waals surface area contributed by atoms with Crippen molar-refractivity contribution in [3.05, 3.63) is 35.9 Å². The number of likely N-dealkylation sites (tertiary alicyclic amines) is 1. The summed E-state index contributed by atoms with van der Waals surface area (Å²) in [6, 6.07) is 10.7. The SMILES string of the molecule is O=C(CN1CCN(Cc2ccccc2)CC1)N1CCC2(CCNC2)CC1. The fourth-order valence-electron chi connectivity index (χ4n) is 4.69. The second-order valence-corrected chi connectivity index (χ2v) is 8.35. The predicted octanol–water partition coefficient (Wildman–Crippen LogP) is 1.41. The van der Waals surface area contributed by atoms with Crippen molar-refractivity contribution >= 4 is 5.91 Å². The van der Waals surface area contributed by atoms with E-state index in [9.17, 15) is 4.79 Å². The van der Waals surface area contributed by atoms with Crippen LogP contribution in [-0.2, 0) is 11.3 Å². The van der Waals surface area contributed by atoms with Crippen molar-refractivity contribution in [2.45, 2.75) is 25.8 Å². The van der Waals surface area contributed by atoms with Crippen LogP contribution in [0.3, 0.4) is 0 Å². The summed E-state index contributed by atoms with van der Waals surface area (Å²) in [6.07, 6.45) is 3.64. The molecule has 142 valence electrons. The lowest BCUT2D eigenvalue weighted by Crippen LogP contribution is -2.51. The molecule has 1 amide bonds. The topological polar surface area (TPSA) is 38.8 Å². The number of carbonyl (C=O) groups excluding carboxylic acids is 1. The van der Waals surface area contributed by atoms with E-state index in [1.54, 1.807) is 0 Å². The highest BCUT2D eigenvalue weighted by atomic mass is 16.2. The molecule has 3 aliphatic rings. The van der Waals surface area contributed by atoms with Crippen LogP contribution in [0.4, 0.5) is 0 Å². The van der Waals surface area contributed by atoms with Gasteiger partial charge in [0.25, 0.3) is 0 Å². The van der Waals surface area contributed by atoms with Crippen molar-refractivity contribution in [3.8, 4) is 0 Å². The van der Waals surface area contributed by atoms with Gasteiger partial charge >= 0.3 is 0 Å². The number of piperidine rings is 1. The molecular weight excluding hydrogens is 324 g/mol. The predicted molar refractivity (Wildman–Crippen MR) is 104 cm³/mol. The number of nitrogens with zero attached hydrogens (tertiary/aromatic N) is 3. The summed E-state index contributed by atoms with van der Waals surface area (Å²) in [6.45, 7) is 9.94. The molecule has 3 saturated heterocycles. The molecule has 0 unspecified atom stereocenters. The minimum Gasteiger partial charge on any atom is -0.342 e. The molecule has 0 radical (unpaired) electrons. The normalized spacial score (nSPS) is 24.2. The molecule has 3 aliphatic heterocycles. The van der Waals surface area contributed by atoms with Crippen LogP contribution in [0.25, 0.3) is 0 Å². The molecule has 0 atom stereocenters. The van der Waals surface area contributed by atoms with E-state index in [4.69, 9.17) is 0 Å². The van der Waals surface area contributed by atoms with Gasteiger partial charge in [-0.25, -0.2) is 0 Å². The Morgan fingerprint density at radius 2 is 1.62 bits per heavy atom. The summed E-state index contributed by atoms with van der Waals surface area (Å²) in [5.41, 5.74) is 1.86. The molecule has 0 aliphatic carbocycles. The Balaban J connectivity index is 1.19. The Bertz CT molecular complexity index is 581. The maximum absolute atomic E-state index is 12.7. The summed E-state index contributed by atoms with van der Waals surface area (Å²) in [7, 11) is 0. The van der Waals surface area contributed by atoms with Crippen LogP contribution >= 0.6 is 0 Å². The highest BCUT2D eigenvalue weighted by Crippen LogP contribution is 2.36. The molecule has 0 aromatic heterocycles. The minimum absolute atomic E-state index is 0.335. The Morgan fingerprint density at radius 3 is 2.27 bits per heavy atom. The molecule has 3 heterocycles. The Hall–Kier alpha value is -1.43. The Kier molecular flexibility index (Phi) is 5.57. The molecule has 3 fully saturated rings. The van der Waals surface area contributed by atoms with E-state index in [2.05, 4.69) is 50.3 Å². The molecule has 26 heavy (non-hydrogen) atoms. The third kappa shape index (κ3) is 4.27. The number of carbonyl (C=O) groups is 1. The van der Waals surface area contributed by atoms with Gasteiger partial charge in [0, 0.05) is 52.4 Å². The van der Waals surface area contributed by atoms with Gasteiger partial charge in [0.2, 0.25) is 5.91 Å². The van der Waals surface area contributed by atoms with Gasteiger partial charge in [-0.2, -0.15) is 0 Å². The summed E-state index contributed by atoms with van der Waals surface area (Å²) in [5, 5.41) is 3.50. The molecule has 1 N–H and O–H groups in total. The first-order chi connectivity index (χ1) is 12.7. The molecule has 5 heteroatoms. The van der Waals surface area contributed by atoms with Crippen LogP contribution in [0.15, 0.2) is 30.3 Å². The van der Waals surface area contributed by atoms with Crippen LogP contribution in [0, 0.1) is 5.41 Å². The average Bonchev–Trinajstić information content (AvgIpc) is 3.13.